The number of morpholine rings is 1. The molecule has 0 saturated carbocycles. The van der Waals surface area contributed by atoms with Crippen LogP contribution >= 0.6 is 0 Å². The third-order valence-electron chi connectivity index (χ3n) is 7.38. The predicted octanol–water partition coefficient (Wildman–Crippen LogP) is 3.78. The molecule has 2 amide bonds. The van der Waals surface area contributed by atoms with E-state index in [2.05, 4.69) is 56.9 Å². The molecule has 0 radical (unpaired) electrons. The number of aromatic nitrogens is 2. The maximum Gasteiger partial charge on any atom is 0.292 e. The molecule has 4 aromatic rings. The van der Waals surface area contributed by atoms with Gasteiger partial charge in [-0.2, -0.15) is 4.98 Å². The van der Waals surface area contributed by atoms with E-state index in [9.17, 15) is 9.59 Å². The first-order valence-electron chi connectivity index (χ1n) is 14.7. The maximum absolute atomic E-state index is 12.8. The lowest BCUT2D eigenvalue weighted by molar-refractivity contribution is 0.00641. The third-order valence-corrected chi connectivity index (χ3v) is 7.38. The van der Waals surface area contributed by atoms with Gasteiger partial charge in [0, 0.05) is 38.2 Å². The van der Waals surface area contributed by atoms with Crippen LogP contribution in [0, 0.1) is 0 Å². The van der Waals surface area contributed by atoms with Crippen LogP contribution in [-0.2, 0) is 17.6 Å². The molecule has 1 aliphatic rings. The lowest BCUT2D eigenvalue weighted by Gasteiger charge is -2.34. The number of amides is 2. The molecule has 1 fully saturated rings. The number of aryl methyl sites for hydroxylation is 1. The Kier molecular flexibility index (Phi) is 10.5. The molecule has 1 unspecified atom stereocenters. The fourth-order valence-electron chi connectivity index (χ4n) is 4.82. The van der Waals surface area contributed by atoms with E-state index < -0.39 is 5.91 Å². The smallest absolute Gasteiger partial charge is 0.292 e. The van der Waals surface area contributed by atoms with Crippen molar-refractivity contribution in [3.8, 4) is 16.9 Å². The van der Waals surface area contributed by atoms with Gasteiger partial charge in [0.1, 0.15) is 12.4 Å². The van der Waals surface area contributed by atoms with Gasteiger partial charge in [-0.15, -0.1) is 0 Å². The van der Waals surface area contributed by atoms with Crippen LogP contribution < -0.4 is 15.4 Å². The lowest BCUT2D eigenvalue weighted by atomic mass is 10.0. The Balaban J connectivity index is 1.08. The van der Waals surface area contributed by atoms with Gasteiger partial charge in [0.15, 0.2) is 0 Å². The number of ether oxygens (including phenoxy) is 2. The molecule has 3 aromatic carbocycles. The van der Waals surface area contributed by atoms with Crippen LogP contribution in [0.1, 0.15) is 39.4 Å². The van der Waals surface area contributed by atoms with E-state index in [1.165, 1.54) is 5.56 Å². The normalized spacial score (nSPS) is 14.2. The monoisotopic (exact) mass is 583 g/mol. The second-order valence-electron chi connectivity index (χ2n) is 10.3. The second-order valence-corrected chi connectivity index (χ2v) is 10.3. The Morgan fingerprint density at radius 1 is 0.907 bits per heavy atom. The van der Waals surface area contributed by atoms with Crippen molar-refractivity contribution in [2.24, 2.45) is 0 Å². The first-order valence-corrected chi connectivity index (χ1v) is 14.7. The van der Waals surface area contributed by atoms with Crippen LogP contribution in [0.3, 0.4) is 0 Å². The van der Waals surface area contributed by atoms with Crippen LogP contribution in [0.2, 0.25) is 0 Å². The zero-order valence-electron chi connectivity index (χ0n) is 24.3. The van der Waals surface area contributed by atoms with Crippen LogP contribution in [0.15, 0.2) is 83.4 Å². The highest BCUT2D eigenvalue weighted by molar-refractivity contribution is 5.94. The summed E-state index contributed by atoms with van der Waals surface area (Å²) in [5, 5.41) is 9.60. The van der Waals surface area contributed by atoms with Crippen molar-refractivity contribution in [2.75, 3.05) is 46.0 Å². The minimum atomic E-state index is -0.429. The molecule has 0 bridgehead atoms. The number of hydrogen-bond donors (Lipinski definition) is 2. The third kappa shape index (κ3) is 8.50. The molecule has 1 aromatic heterocycles. The van der Waals surface area contributed by atoms with Crippen molar-refractivity contribution < 1.29 is 23.6 Å². The summed E-state index contributed by atoms with van der Waals surface area (Å²) in [5.74, 6) is 0.373. The van der Waals surface area contributed by atoms with E-state index in [1.807, 2.05) is 54.6 Å². The SMILES string of the molecule is CCc1ccc(-c2ccc(C(=O)NCCc3nc(C(=O)NCC(COc4ccccc4)N4CCOCC4)no3)cc2)cc1. The van der Waals surface area contributed by atoms with Gasteiger partial charge in [0.2, 0.25) is 5.89 Å². The molecule has 1 saturated heterocycles. The topological polar surface area (TPSA) is 119 Å². The van der Waals surface area contributed by atoms with Crippen molar-refractivity contribution in [1.82, 2.24) is 25.7 Å². The highest BCUT2D eigenvalue weighted by atomic mass is 16.5. The van der Waals surface area contributed by atoms with E-state index in [1.54, 1.807) is 0 Å². The highest BCUT2D eigenvalue weighted by Gasteiger charge is 2.24. The van der Waals surface area contributed by atoms with Gasteiger partial charge < -0.3 is 24.6 Å². The van der Waals surface area contributed by atoms with E-state index >= 15 is 0 Å². The molecule has 1 aliphatic heterocycles. The van der Waals surface area contributed by atoms with Gasteiger partial charge in [-0.05, 0) is 47.4 Å². The molecule has 5 rings (SSSR count). The minimum Gasteiger partial charge on any atom is -0.492 e. The summed E-state index contributed by atoms with van der Waals surface area (Å²) < 4.78 is 16.7. The Labute approximate surface area is 251 Å². The Bertz CT molecular complexity index is 1450. The van der Waals surface area contributed by atoms with Crippen LogP contribution in [0.4, 0.5) is 0 Å². The molecule has 2 N–H and O–H groups in total. The zero-order chi connectivity index (χ0) is 29.9. The van der Waals surface area contributed by atoms with Crippen molar-refractivity contribution in [1.29, 1.82) is 0 Å². The average molecular weight is 584 g/mol. The van der Waals surface area contributed by atoms with Crippen LogP contribution in [-0.4, -0.2) is 78.9 Å². The molecule has 1 atom stereocenters. The van der Waals surface area contributed by atoms with E-state index in [-0.39, 0.29) is 30.2 Å². The van der Waals surface area contributed by atoms with Gasteiger partial charge in [-0.1, -0.05) is 66.7 Å². The minimum absolute atomic E-state index is 0.0476. The van der Waals surface area contributed by atoms with Crippen LogP contribution in [0.25, 0.3) is 11.1 Å². The molecular formula is C33H37N5O5. The molecule has 10 heteroatoms. The summed E-state index contributed by atoms with van der Waals surface area (Å²) >= 11 is 0. The van der Waals surface area contributed by atoms with E-state index in [0.29, 0.717) is 38.3 Å². The number of hydrogen-bond acceptors (Lipinski definition) is 8. The number of rotatable bonds is 13. The predicted molar refractivity (Wildman–Crippen MR) is 162 cm³/mol. The molecule has 0 spiro atoms. The fraction of sp³-hybridized carbons (Fsp3) is 0.333. The first kappa shape index (κ1) is 29.9. The molecule has 224 valence electrons. The zero-order valence-corrected chi connectivity index (χ0v) is 24.3. The van der Waals surface area contributed by atoms with Gasteiger partial charge >= 0.3 is 0 Å². The van der Waals surface area contributed by atoms with Crippen molar-refractivity contribution in [3.05, 3.63) is 102 Å². The summed E-state index contributed by atoms with van der Waals surface area (Å²) in [6.45, 7) is 5.98. The molecular weight excluding hydrogens is 546 g/mol. The number of benzene rings is 3. The molecule has 2 heterocycles. The number of carbonyl (C=O) groups excluding carboxylic acids is 2. The van der Waals surface area contributed by atoms with Crippen molar-refractivity contribution in [2.45, 2.75) is 25.8 Å². The number of nitrogens with one attached hydrogen (secondary N) is 2. The maximum atomic E-state index is 12.8. The van der Waals surface area contributed by atoms with Gasteiger partial charge in [0.25, 0.3) is 17.6 Å². The summed E-state index contributed by atoms with van der Waals surface area (Å²) in [6, 6.07) is 25.5. The molecule has 43 heavy (non-hydrogen) atoms. The van der Waals surface area contributed by atoms with E-state index in [4.69, 9.17) is 14.0 Å². The summed E-state index contributed by atoms with van der Waals surface area (Å²) in [4.78, 5) is 31.9. The number of nitrogens with zero attached hydrogens (tertiary/aromatic N) is 3. The summed E-state index contributed by atoms with van der Waals surface area (Å²) in [6.07, 6.45) is 1.30. The van der Waals surface area contributed by atoms with E-state index in [0.717, 1.165) is 36.4 Å². The van der Waals surface area contributed by atoms with Crippen molar-refractivity contribution >= 4 is 11.8 Å². The Morgan fingerprint density at radius 2 is 1.60 bits per heavy atom. The number of para-hydroxylation sites is 1. The highest BCUT2D eigenvalue weighted by Crippen LogP contribution is 2.20. The molecule has 0 aliphatic carbocycles. The lowest BCUT2D eigenvalue weighted by Crippen LogP contribution is -2.51. The molecule has 10 nitrogen and oxygen atoms in total. The summed E-state index contributed by atoms with van der Waals surface area (Å²) in [7, 11) is 0. The van der Waals surface area contributed by atoms with Gasteiger partial charge in [-0.3, -0.25) is 14.5 Å². The largest absolute Gasteiger partial charge is 0.492 e. The Morgan fingerprint density at radius 3 is 2.30 bits per heavy atom. The Hall–Kier alpha value is -4.54. The van der Waals surface area contributed by atoms with Gasteiger partial charge in [0.05, 0.1) is 19.3 Å². The number of carbonyl (C=O) groups is 2. The average Bonchev–Trinajstić information content (AvgIpc) is 3.55. The standard InChI is InChI=1S/C33H37N5O5/c1-2-24-8-10-25(11-9-24)26-12-14-27(15-13-26)32(39)34-17-16-30-36-31(37-43-30)33(40)35-22-28(38-18-20-41-21-19-38)23-42-29-6-4-3-5-7-29/h3-15,28H,2,16-23H2,1H3,(H,34,39)(H,35,40). The van der Waals surface area contributed by atoms with Crippen molar-refractivity contribution in [3.63, 3.8) is 0 Å². The van der Waals surface area contributed by atoms with Crippen LogP contribution in [0.5, 0.6) is 5.75 Å². The quantitative estimate of drug-likeness (QED) is 0.244. The fourth-order valence-corrected chi connectivity index (χ4v) is 4.82. The second kappa shape index (κ2) is 15.1. The van der Waals surface area contributed by atoms with Gasteiger partial charge in [-0.25, -0.2) is 0 Å². The summed E-state index contributed by atoms with van der Waals surface area (Å²) in [5.41, 5.74) is 4.01. The first-order chi connectivity index (χ1) is 21.1.